The minimum absolute atomic E-state index is 0.00566. The number of amides is 1. The highest BCUT2D eigenvalue weighted by Gasteiger charge is 2.33. The van der Waals surface area contributed by atoms with Crippen molar-refractivity contribution in [1.29, 1.82) is 0 Å². The largest absolute Gasteiger partial charge is 0.409 e. The Bertz CT molecular complexity index is 263. The molecule has 0 rings (SSSR count). The third-order valence-corrected chi connectivity index (χ3v) is 2.77. The highest BCUT2D eigenvalue weighted by atomic mass is 16.5. The second-order valence-electron chi connectivity index (χ2n) is 3.88. The van der Waals surface area contributed by atoms with Crippen molar-refractivity contribution in [3.05, 3.63) is 0 Å². The Kier molecular flexibility index (Phi) is 7.29. The number of ether oxygens (including phenoxy) is 1. The van der Waals surface area contributed by atoms with Crippen molar-refractivity contribution in [2.75, 3.05) is 13.2 Å². The van der Waals surface area contributed by atoms with E-state index in [0.29, 0.717) is 19.4 Å². The minimum atomic E-state index is -0.790. The molecule has 0 spiro atoms. The number of carbonyl (C=O) groups is 1. The molecule has 6 nitrogen and oxygen atoms in total. The van der Waals surface area contributed by atoms with Crippen LogP contribution in [0.15, 0.2) is 5.16 Å². The van der Waals surface area contributed by atoms with Gasteiger partial charge in [-0.15, -0.1) is 0 Å². The summed E-state index contributed by atoms with van der Waals surface area (Å²) >= 11 is 0. The molecule has 17 heavy (non-hydrogen) atoms. The number of hydrogen-bond donors (Lipinski definition) is 3. The van der Waals surface area contributed by atoms with Crippen LogP contribution in [0.4, 0.5) is 0 Å². The van der Waals surface area contributed by atoms with Gasteiger partial charge in [0.25, 0.3) is 0 Å². The van der Waals surface area contributed by atoms with Gasteiger partial charge in [0.15, 0.2) is 5.84 Å². The van der Waals surface area contributed by atoms with Crippen molar-refractivity contribution in [3.8, 4) is 0 Å². The lowest BCUT2D eigenvalue weighted by Crippen LogP contribution is -2.57. The topological polar surface area (TPSA) is 96.9 Å². The zero-order valence-electron chi connectivity index (χ0n) is 10.8. The van der Waals surface area contributed by atoms with E-state index in [1.165, 1.54) is 0 Å². The fourth-order valence-electron chi connectivity index (χ4n) is 1.56. The van der Waals surface area contributed by atoms with Crippen LogP contribution in [0.2, 0.25) is 0 Å². The fraction of sp³-hybridized carbons (Fsp3) is 0.818. The minimum Gasteiger partial charge on any atom is -0.409 e. The molecule has 1 amide bonds. The number of carbonyl (C=O) groups excluding carboxylic acids is 1. The molecule has 0 saturated carbocycles. The summed E-state index contributed by atoms with van der Waals surface area (Å²) in [5, 5.41) is 14.5. The Balaban J connectivity index is 4.49. The van der Waals surface area contributed by atoms with Gasteiger partial charge in [-0.3, -0.25) is 4.79 Å². The SMILES string of the molecule is CCCOCC(=O)NC(CC)(CC)C(N)=NO. The van der Waals surface area contributed by atoms with E-state index in [2.05, 4.69) is 10.5 Å². The molecule has 4 N–H and O–H groups in total. The van der Waals surface area contributed by atoms with Crippen LogP contribution in [0.3, 0.4) is 0 Å². The molecule has 0 unspecified atom stereocenters. The van der Waals surface area contributed by atoms with Crippen molar-refractivity contribution >= 4 is 11.7 Å². The van der Waals surface area contributed by atoms with Crippen LogP contribution in [0.5, 0.6) is 0 Å². The summed E-state index contributed by atoms with van der Waals surface area (Å²) in [6.45, 7) is 6.25. The van der Waals surface area contributed by atoms with Crippen LogP contribution in [-0.4, -0.2) is 35.7 Å². The van der Waals surface area contributed by atoms with Crippen LogP contribution in [-0.2, 0) is 9.53 Å². The standard InChI is InChI=1S/C11H23N3O3/c1-4-7-17-8-9(15)13-11(5-2,6-3)10(12)14-16/h16H,4-8H2,1-3H3,(H2,12,14)(H,13,15). The summed E-state index contributed by atoms with van der Waals surface area (Å²) in [6.07, 6.45) is 1.97. The highest BCUT2D eigenvalue weighted by molar-refractivity contribution is 5.94. The van der Waals surface area contributed by atoms with Crippen molar-refractivity contribution in [3.63, 3.8) is 0 Å². The highest BCUT2D eigenvalue weighted by Crippen LogP contribution is 2.15. The lowest BCUT2D eigenvalue weighted by atomic mass is 9.91. The molecule has 0 aromatic heterocycles. The van der Waals surface area contributed by atoms with Crippen molar-refractivity contribution in [2.45, 2.75) is 45.6 Å². The average molecular weight is 245 g/mol. The van der Waals surface area contributed by atoms with Gasteiger partial charge in [-0.2, -0.15) is 0 Å². The molecular weight excluding hydrogens is 222 g/mol. The lowest BCUT2D eigenvalue weighted by molar-refractivity contribution is -0.127. The molecule has 0 aliphatic rings. The van der Waals surface area contributed by atoms with Crippen molar-refractivity contribution in [1.82, 2.24) is 5.32 Å². The van der Waals surface area contributed by atoms with E-state index in [1.807, 2.05) is 20.8 Å². The van der Waals surface area contributed by atoms with Gasteiger partial charge >= 0.3 is 0 Å². The van der Waals surface area contributed by atoms with E-state index in [1.54, 1.807) is 0 Å². The number of nitrogens with one attached hydrogen (secondary N) is 1. The van der Waals surface area contributed by atoms with E-state index < -0.39 is 5.54 Å². The average Bonchev–Trinajstić information content (AvgIpc) is 2.35. The molecule has 0 aromatic rings. The molecule has 0 atom stereocenters. The molecule has 0 heterocycles. The summed E-state index contributed by atoms with van der Waals surface area (Å²) in [4.78, 5) is 11.6. The normalized spacial score (nSPS) is 12.5. The van der Waals surface area contributed by atoms with Crippen LogP contribution < -0.4 is 11.1 Å². The maximum Gasteiger partial charge on any atom is 0.246 e. The molecule has 0 saturated heterocycles. The van der Waals surface area contributed by atoms with Gasteiger partial charge in [0, 0.05) is 6.61 Å². The number of hydrogen-bond acceptors (Lipinski definition) is 4. The lowest BCUT2D eigenvalue weighted by Gasteiger charge is -2.31. The van der Waals surface area contributed by atoms with Gasteiger partial charge in [0.1, 0.15) is 12.1 Å². The molecule has 100 valence electrons. The predicted molar refractivity (Wildman–Crippen MR) is 66.0 cm³/mol. The summed E-state index contributed by atoms with van der Waals surface area (Å²) in [5.41, 5.74) is 4.83. The predicted octanol–water partition coefficient (Wildman–Crippen LogP) is 0.834. The number of nitrogens with zero attached hydrogens (tertiary/aromatic N) is 1. The first-order valence-electron chi connectivity index (χ1n) is 5.93. The number of rotatable bonds is 8. The van der Waals surface area contributed by atoms with Crippen LogP contribution in [0.1, 0.15) is 40.0 Å². The van der Waals surface area contributed by atoms with Crippen LogP contribution >= 0.6 is 0 Å². The first-order valence-corrected chi connectivity index (χ1v) is 5.93. The fourth-order valence-corrected chi connectivity index (χ4v) is 1.56. The molecule has 0 radical (unpaired) electrons. The zero-order valence-corrected chi connectivity index (χ0v) is 10.8. The van der Waals surface area contributed by atoms with E-state index in [9.17, 15) is 4.79 Å². The van der Waals surface area contributed by atoms with Gasteiger partial charge in [-0.05, 0) is 19.3 Å². The van der Waals surface area contributed by atoms with Crippen LogP contribution in [0, 0.1) is 0 Å². The Labute approximate surface area is 102 Å². The maximum absolute atomic E-state index is 11.6. The Morgan fingerprint density at radius 2 is 2.00 bits per heavy atom. The Morgan fingerprint density at radius 3 is 2.41 bits per heavy atom. The third kappa shape index (κ3) is 4.60. The summed E-state index contributed by atoms with van der Waals surface area (Å²) < 4.78 is 5.14. The maximum atomic E-state index is 11.6. The second-order valence-corrected chi connectivity index (χ2v) is 3.88. The molecule has 0 aliphatic heterocycles. The van der Waals surface area contributed by atoms with Gasteiger partial charge in [-0.25, -0.2) is 0 Å². The van der Waals surface area contributed by atoms with E-state index >= 15 is 0 Å². The summed E-state index contributed by atoms with van der Waals surface area (Å²) in [5.74, 6) is -0.236. The first-order chi connectivity index (χ1) is 8.06. The quantitative estimate of drug-likeness (QED) is 0.194. The summed E-state index contributed by atoms with van der Waals surface area (Å²) in [7, 11) is 0. The van der Waals surface area contributed by atoms with E-state index in [0.717, 1.165) is 6.42 Å². The first kappa shape index (κ1) is 15.7. The number of oxime groups is 1. The molecule has 6 heteroatoms. The molecule has 0 aliphatic carbocycles. The van der Waals surface area contributed by atoms with Crippen molar-refractivity contribution < 1.29 is 14.7 Å². The second kappa shape index (κ2) is 7.89. The molecular formula is C11H23N3O3. The molecule has 0 bridgehead atoms. The number of amidine groups is 1. The van der Waals surface area contributed by atoms with Gasteiger partial charge in [-0.1, -0.05) is 25.9 Å². The van der Waals surface area contributed by atoms with Gasteiger partial charge in [0.05, 0.1) is 0 Å². The molecule has 0 fully saturated rings. The Morgan fingerprint density at radius 1 is 1.41 bits per heavy atom. The third-order valence-electron chi connectivity index (χ3n) is 2.77. The molecule has 0 aromatic carbocycles. The van der Waals surface area contributed by atoms with Gasteiger partial charge in [0.2, 0.25) is 5.91 Å². The van der Waals surface area contributed by atoms with E-state index in [4.69, 9.17) is 15.7 Å². The van der Waals surface area contributed by atoms with Crippen LogP contribution in [0.25, 0.3) is 0 Å². The number of nitrogens with two attached hydrogens (primary N) is 1. The smallest absolute Gasteiger partial charge is 0.246 e. The Hall–Kier alpha value is -1.30. The zero-order chi connectivity index (χ0) is 13.3. The van der Waals surface area contributed by atoms with Gasteiger partial charge < -0.3 is 21.0 Å². The monoisotopic (exact) mass is 245 g/mol. The summed E-state index contributed by atoms with van der Waals surface area (Å²) in [6, 6.07) is 0. The van der Waals surface area contributed by atoms with Crippen molar-refractivity contribution in [2.24, 2.45) is 10.9 Å². The van der Waals surface area contributed by atoms with E-state index in [-0.39, 0.29) is 18.3 Å².